The summed E-state index contributed by atoms with van der Waals surface area (Å²) in [4.78, 5) is 0. The van der Waals surface area contributed by atoms with Crippen LogP contribution in [0.5, 0.6) is 0 Å². The van der Waals surface area contributed by atoms with E-state index < -0.39 is 0 Å². The van der Waals surface area contributed by atoms with Gasteiger partial charge in [0.15, 0.2) is 0 Å². The molecule has 0 radical (unpaired) electrons. The highest BCUT2D eigenvalue weighted by Gasteiger charge is 2.14. The van der Waals surface area contributed by atoms with Gasteiger partial charge < -0.3 is 10.1 Å². The van der Waals surface area contributed by atoms with Crippen molar-refractivity contribution < 1.29 is 4.74 Å². The molecule has 1 aliphatic heterocycles. The van der Waals surface area contributed by atoms with Gasteiger partial charge in [-0.05, 0) is 38.3 Å². The standard InChI is InChI=1S/C13H23N3O/c1-2-9-16-12(5-8-15-16)11-14-7-6-13-4-3-10-17-13/h5,8,13-14H,2-4,6-7,9-11H2,1H3. The Hall–Kier alpha value is -0.870. The van der Waals surface area contributed by atoms with Gasteiger partial charge in [0.25, 0.3) is 0 Å². The molecule has 0 amide bonds. The van der Waals surface area contributed by atoms with E-state index in [0.717, 1.165) is 39.1 Å². The van der Waals surface area contributed by atoms with Gasteiger partial charge in [0.05, 0.1) is 11.8 Å². The quantitative estimate of drug-likeness (QED) is 0.737. The lowest BCUT2D eigenvalue weighted by atomic mass is 10.2. The van der Waals surface area contributed by atoms with Crippen LogP contribution in [-0.4, -0.2) is 29.0 Å². The monoisotopic (exact) mass is 237 g/mol. The Labute approximate surface area is 103 Å². The van der Waals surface area contributed by atoms with E-state index in [1.807, 2.05) is 6.20 Å². The average molecular weight is 237 g/mol. The summed E-state index contributed by atoms with van der Waals surface area (Å²) in [6.07, 6.45) is 7.09. The number of nitrogens with zero attached hydrogens (tertiary/aromatic N) is 2. The van der Waals surface area contributed by atoms with Gasteiger partial charge in [-0.3, -0.25) is 4.68 Å². The largest absolute Gasteiger partial charge is 0.378 e. The van der Waals surface area contributed by atoms with Crippen molar-refractivity contribution in [2.24, 2.45) is 0 Å². The molecule has 0 bridgehead atoms. The Morgan fingerprint density at radius 3 is 3.29 bits per heavy atom. The zero-order valence-corrected chi connectivity index (χ0v) is 10.7. The van der Waals surface area contributed by atoms with Crippen LogP contribution in [0.1, 0.15) is 38.3 Å². The Balaban J connectivity index is 1.65. The van der Waals surface area contributed by atoms with E-state index in [9.17, 15) is 0 Å². The first-order valence-corrected chi connectivity index (χ1v) is 6.73. The van der Waals surface area contributed by atoms with E-state index in [-0.39, 0.29) is 0 Å². The van der Waals surface area contributed by atoms with Crippen LogP contribution in [0.15, 0.2) is 12.3 Å². The van der Waals surface area contributed by atoms with Crippen LogP contribution in [0.2, 0.25) is 0 Å². The van der Waals surface area contributed by atoms with Crippen LogP contribution in [-0.2, 0) is 17.8 Å². The highest BCUT2D eigenvalue weighted by Crippen LogP contribution is 2.14. The van der Waals surface area contributed by atoms with Crippen LogP contribution in [0.4, 0.5) is 0 Å². The minimum absolute atomic E-state index is 0.489. The minimum Gasteiger partial charge on any atom is -0.378 e. The lowest BCUT2D eigenvalue weighted by Crippen LogP contribution is -2.21. The van der Waals surface area contributed by atoms with E-state index in [1.165, 1.54) is 18.5 Å². The number of ether oxygens (including phenoxy) is 1. The third-order valence-corrected chi connectivity index (χ3v) is 3.21. The predicted molar refractivity (Wildman–Crippen MR) is 67.8 cm³/mol. The van der Waals surface area contributed by atoms with Crippen LogP contribution >= 0.6 is 0 Å². The van der Waals surface area contributed by atoms with Gasteiger partial charge in [-0.15, -0.1) is 0 Å². The van der Waals surface area contributed by atoms with Crippen molar-refractivity contribution in [3.05, 3.63) is 18.0 Å². The fourth-order valence-electron chi connectivity index (χ4n) is 2.27. The van der Waals surface area contributed by atoms with E-state index >= 15 is 0 Å². The molecular weight excluding hydrogens is 214 g/mol. The summed E-state index contributed by atoms with van der Waals surface area (Å²) in [5.41, 5.74) is 1.28. The van der Waals surface area contributed by atoms with Crippen molar-refractivity contribution in [2.75, 3.05) is 13.2 Å². The van der Waals surface area contributed by atoms with Crippen LogP contribution in [0, 0.1) is 0 Å². The van der Waals surface area contributed by atoms with Crippen molar-refractivity contribution in [2.45, 2.75) is 51.8 Å². The molecule has 2 rings (SSSR count). The smallest absolute Gasteiger partial charge is 0.0588 e. The molecule has 4 nitrogen and oxygen atoms in total. The SMILES string of the molecule is CCCn1nccc1CNCCC1CCCO1. The number of hydrogen-bond donors (Lipinski definition) is 1. The summed E-state index contributed by atoms with van der Waals surface area (Å²) >= 11 is 0. The molecule has 1 unspecified atom stereocenters. The van der Waals surface area contributed by atoms with E-state index in [2.05, 4.69) is 28.1 Å². The molecule has 1 saturated heterocycles. The Kier molecular flexibility index (Phi) is 5.01. The van der Waals surface area contributed by atoms with Gasteiger partial charge in [-0.1, -0.05) is 6.92 Å². The lowest BCUT2D eigenvalue weighted by molar-refractivity contribution is 0.104. The molecular formula is C13H23N3O. The highest BCUT2D eigenvalue weighted by molar-refractivity contribution is 4.99. The first kappa shape index (κ1) is 12.6. The third-order valence-electron chi connectivity index (χ3n) is 3.21. The summed E-state index contributed by atoms with van der Waals surface area (Å²) in [5.74, 6) is 0. The van der Waals surface area contributed by atoms with Gasteiger partial charge in [-0.25, -0.2) is 0 Å². The summed E-state index contributed by atoms with van der Waals surface area (Å²) in [6.45, 7) is 6.08. The molecule has 1 N–H and O–H groups in total. The maximum absolute atomic E-state index is 5.59. The second-order valence-corrected chi connectivity index (χ2v) is 4.65. The number of aryl methyl sites for hydroxylation is 1. The summed E-state index contributed by atoms with van der Waals surface area (Å²) in [7, 11) is 0. The molecule has 0 aromatic carbocycles. The van der Waals surface area contributed by atoms with Crippen LogP contribution in [0.3, 0.4) is 0 Å². The van der Waals surface area contributed by atoms with Gasteiger partial charge in [0.2, 0.25) is 0 Å². The first-order valence-electron chi connectivity index (χ1n) is 6.73. The Bertz CT molecular complexity index is 318. The number of aromatic nitrogens is 2. The predicted octanol–water partition coefficient (Wildman–Crippen LogP) is 1.95. The molecule has 2 heterocycles. The fourth-order valence-corrected chi connectivity index (χ4v) is 2.27. The summed E-state index contributed by atoms with van der Waals surface area (Å²) in [5, 5.41) is 7.79. The summed E-state index contributed by atoms with van der Waals surface area (Å²) < 4.78 is 7.68. The second-order valence-electron chi connectivity index (χ2n) is 4.65. The Morgan fingerprint density at radius 2 is 2.53 bits per heavy atom. The molecule has 0 saturated carbocycles. The second kappa shape index (κ2) is 6.77. The van der Waals surface area contributed by atoms with Crippen molar-refractivity contribution >= 4 is 0 Å². The molecule has 1 aromatic heterocycles. The molecule has 17 heavy (non-hydrogen) atoms. The molecule has 1 aromatic rings. The molecule has 96 valence electrons. The van der Waals surface area contributed by atoms with E-state index in [4.69, 9.17) is 4.74 Å². The molecule has 4 heteroatoms. The normalized spacial score (nSPS) is 19.9. The molecule has 0 aliphatic carbocycles. The zero-order valence-electron chi connectivity index (χ0n) is 10.7. The lowest BCUT2D eigenvalue weighted by Gasteiger charge is -2.10. The van der Waals surface area contributed by atoms with Crippen LogP contribution in [0.25, 0.3) is 0 Å². The first-order chi connectivity index (χ1) is 8.40. The number of nitrogens with one attached hydrogen (secondary N) is 1. The number of rotatable bonds is 7. The van der Waals surface area contributed by atoms with Crippen molar-refractivity contribution in [3.63, 3.8) is 0 Å². The highest BCUT2D eigenvalue weighted by atomic mass is 16.5. The van der Waals surface area contributed by atoms with E-state index in [1.54, 1.807) is 0 Å². The maximum Gasteiger partial charge on any atom is 0.0588 e. The third kappa shape index (κ3) is 3.82. The van der Waals surface area contributed by atoms with Crippen molar-refractivity contribution in [1.82, 2.24) is 15.1 Å². The molecule has 1 fully saturated rings. The molecule has 0 spiro atoms. The van der Waals surface area contributed by atoms with Gasteiger partial charge in [-0.2, -0.15) is 5.10 Å². The van der Waals surface area contributed by atoms with Gasteiger partial charge in [0, 0.05) is 25.9 Å². The van der Waals surface area contributed by atoms with E-state index in [0.29, 0.717) is 6.10 Å². The van der Waals surface area contributed by atoms with Gasteiger partial charge >= 0.3 is 0 Å². The topological polar surface area (TPSA) is 39.1 Å². The van der Waals surface area contributed by atoms with Crippen molar-refractivity contribution in [3.8, 4) is 0 Å². The molecule has 1 atom stereocenters. The maximum atomic E-state index is 5.59. The Morgan fingerprint density at radius 1 is 1.59 bits per heavy atom. The van der Waals surface area contributed by atoms with Crippen LogP contribution < -0.4 is 5.32 Å². The minimum atomic E-state index is 0.489. The summed E-state index contributed by atoms with van der Waals surface area (Å²) in [6, 6.07) is 2.09. The van der Waals surface area contributed by atoms with Crippen molar-refractivity contribution in [1.29, 1.82) is 0 Å². The average Bonchev–Trinajstić information content (AvgIpc) is 2.96. The zero-order chi connectivity index (χ0) is 11.9. The van der Waals surface area contributed by atoms with Gasteiger partial charge in [0.1, 0.15) is 0 Å². The molecule has 1 aliphatic rings. The number of hydrogen-bond acceptors (Lipinski definition) is 3. The fraction of sp³-hybridized carbons (Fsp3) is 0.769.